The largest absolute Gasteiger partial charge is 0.495 e. The molecule has 4 aromatic carbocycles. The average molecular weight is 655 g/mol. The summed E-state index contributed by atoms with van der Waals surface area (Å²) in [4.78, 5) is 29.4. The van der Waals surface area contributed by atoms with Crippen LogP contribution in [-0.4, -0.2) is 51.4 Å². The van der Waals surface area contributed by atoms with E-state index < -0.39 is 28.5 Å². The third-order valence-electron chi connectivity index (χ3n) is 6.92. The molecule has 0 bridgehead atoms. The maximum Gasteiger partial charge on any atom is 0.264 e. The highest BCUT2D eigenvalue weighted by atomic mass is 35.5. The molecule has 44 heavy (non-hydrogen) atoms. The monoisotopic (exact) mass is 653 g/mol. The Morgan fingerprint density at radius 2 is 1.48 bits per heavy atom. The Kier molecular flexibility index (Phi) is 11.3. The van der Waals surface area contributed by atoms with Crippen molar-refractivity contribution in [2.24, 2.45) is 0 Å². The van der Waals surface area contributed by atoms with Crippen LogP contribution in [0.3, 0.4) is 0 Å². The van der Waals surface area contributed by atoms with Gasteiger partial charge in [-0.3, -0.25) is 13.9 Å². The fraction of sp³-hybridized carbons (Fsp3) is 0.212. The van der Waals surface area contributed by atoms with E-state index in [0.29, 0.717) is 17.1 Å². The number of carbonyl (C=O) groups is 2. The number of amides is 2. The lowest BCUT2D eigenvalue weighted by Gasteiger charge is -2.34. The zero-order valence-electron chi connectivity index (χ0n) is 24.3. The van der Waals surface area contributed by atoms with Gasteiger partial charge in [-0.1, -0.05) is 89.9 Å². The predicted molar refractivity (Wildman–Crippen MR) is 174 cm³/mol. The van der Waals surface area contributed by atoms with Crippen molar-refractivity contribution in [3.8, 4) is 5.75 Å². The number of likely N-dealkylation sites (N-methyl/N-ethyl adjacent to an activating group) is 1. The van der Waals surface area contributed by atoms with E-state index in [0.717, 1.165) is 9.87 Å². The van der Waals surface area contributed by atoms with E-state index in [-0.39, 0.29) is 40.2 Å². The highest BCUT2D eigenvalue weighted by molar-refractivity contribution is 7.92. The summed E-state index contributed by atoms with van der Waals surface area (Å²) in [6.45, 7) is 1.49. The van der Waals surface area contributed by atoms with Crippen molar-refractivity contribution in [1.29, 1.82) is 0 Å². The number of benzene rings is 4. The van der Waals surface area contributed by atoms with Gasteiger partial charge in [0.25, 0.3) is 10.0 Å². The van der Waals surface area contributed by atoms with Gasteiger partial charge in [0.05, 0.1) is 27.7 Å². The molecule has 0 radical (unpaired) electrons. The highest BCUT2D eigenvalue weighted by Gasteiger charge is 2.35. The van der Waals surface area contributed by atoms with Gasteiger partial charge in [-0.2, -0.15) is 0 Å². The van der Waals surface area contributed by atoms with Gasteiger partial charge in [0.2, 0.25) is 11.8 Å². The Balaban J connectivity index is 1.83. The van der Waals surface area contributed by atoms with E-state index in [1.54, 1.807) is 67.6 Å². The number of rotatable bonds is 13. The summed E-state index contributed by atoms with van der Waals surface area (Å²) in [7, 11) is -2.82. The minimum atomic E-state index is -4.25. The van der Waals surface area contributed by atoms with Gasteiger partial charge in [0, 0.05) is 19.5 Å². The van der Waals surface area contributed by atoms with Crippen LogP contribution in [0.15, 0.2) is 108 Å². The average Bonchev–Trinajstić information content (AvgIpc) is 3.04. The molecule has 8 nitrogen and oxygen atoms in total. The molecule has 230 valence electrons. The molecule has 2 amide bonds. The molecule has 0 saturated carbocycles. The number of sulfonamides is 1. The summed E-state index contributed by atoms with van der Waals surface area (Å²) < 4.78 is 34.7. The van der Waals surface area contributed by atoms with Gasteiger partial charge in [0.15, 0.2) is 0 Å². The van der Waals surface area contributed by atoms with Crippen molar-refractivity contribution in [3.05, 3.63) is 124 Å². The van der Waals surface area contributed by atoms with E-state index in [1.165, 1.54) is 24.1 Å². The number of nitrogens with one attached hydrogen (secondary N) is 1. The third-order valence-corrected chi connectivity index (χ3v) is 9.44. The number of anilines is 1. The molecule has 0 aliphatic heterocycles. The Bertz CT molecular complexity index is 1690. The van der Waals surface area contributed by atoms with Crippen LogP contribution in [0.1, 0.15) is 18.1 Å². The van der Waals surface area contributed by atoms with Gasteiger partial charge in [-0.25, -0.2) is 8.42 Å². The first-order chi connectivity index (χ1) is 21.1. The van der Waals surface area contributed by atoms with E-state index in [1.807, 2.05) is 30.3 Å². The zero-order valence-corrected chi connectivity index (χ0v) is 26.6. The predicted octanol–water partition coefficient (Wildman–Crippen LogP) is 5.97. The lowest BCUT2D eigenvalue weighted by molar-refractivity contribution is -0.140. The molecular weight excluding hydrogens is 621 g/mol. The second kappa shape index (κ2) is 15.1. The summed E-state index contributed by atoms with van der Waals surface area (Å²) in [5, 5.41) is 3.47. The standard InChI is InChI=1S/C33H33Cl2N3O5S/c1-3-36-33(40)30(21-24-12-6-4-7-13-24)37(22-25-18-19-27(34)28(35)20-25)32(39)23-38(29-16-10-11-17-31(29)43-2)44(41,42)26-14-8-5-9-15-26/h4-20,30H,3,21-23H2,1-2H3,(H,36,40). The summed E-state index contributed by atoms with van der Waals surface area (Å²) in [6, 6.07) is 27.7. The van der Waals surface area contributed by atoms with Crippen LogP contribution in [0.5, 0.6) is 5.75 Å². The van der Waals surface area contributed by atoms with Crippen LogP contribution < -0.4 is 14.4 Å². The topological polar surface area (TPSA) is 96.0 Å². The molecule has 4 rings (SSSR count). The quantitative estimate of drug-likeness (QED) is 0.192. The van der Waals surface area contributed by atoms with Gasteiger partial charge >= 0.3 is 0 Å². The molecule has 0 spiro atoms. The second-order valence-corrected chi connectivity index (χ2v) is 12.5. The van der Waals surface area contributed by atoms with Crippen LogP contribution in [0.2, 0.25) is 10.0 Å². The fourth-order valence-corrected chi connectivity index (χ4v) is 6.52. The molecule has 4 aromatic rings. The smallest absolute Gasteiger partial charge is 0.264 e. The molecule has 0 aromatic heterocycles. The third kappa shape index (κ3) is 7.91. The Morgan fingerprint density at radius 3 is 2.11 bits per heavy atom. The first kappa shape index (κ1) is 32.9. The number of para-hydroxylation sites is 2. The molecule has 1 atom stereocenters. The van der Waals surface area contributed by atoms with Gasteiger partial charge < -0.3 is 15.0 Å². The lowest BCUT2D eigenvalue weighted by atomic mass is 10.0. The first-order valence-corrected chi connectivity index (χ1v) is 16.1. The number of hydrogen-bond donors (Lipinski definition) is 1. The summed E-state index contributed by atoms with van der Waals surface area (Å²) in [6.07, 6.45) is 0.194. The van der Waals surface area contributed by atoms with Crippen LogP contribution in [0, 0.1) is 0 Å². The van der Waals surface area contributed by atoms with Crippen molar-refractivity contribution >= 4 is 50.7 Å². The number of ether oxygens (including phenoxy) is 1. The molecule has 11 heteroatoms. The summed E-state index contributed by atoms with van der Waals surface area (Å²) in [5.74, 6) is -0.714. The lowest BCUT2D eigenvalue weighted by Crippen LogP contribution is -2.53. The van der Waals surface area contributed by atoms with Crippen LogP contribution >= 0.6 is 23.2 Å². The second-order valence-electron chi connectivity index (χ2n) is 9.87. The number of nitrogens with zero attached hydrogens (tertiary/aromatic N) is 2. The highest BCUT2D eigenvalue weighted by Crippen LogP contribution is 2.33. The van der Waals surface area contributed by atoms with Gasteiger partial charge in [0.1, 0.15) is 18.3 Å². The number of methoxy groups -OCH3 is 1. The Labute approximate surface area is 268 Å². The first-order valence-electron chi connectivity index (χ1n) is 13.9. The van der Waals surface area contributed by atoms with Gasteiger partial charge in [-0.05, 0) is 54.4 Å². The molecular formula is C33H33Cl2N3O5S. The van der Waals surface area contributed by atoms with Crippen LogP contribution in [0.4, 0.5) is 5.69 Å². The molecule has 1 N–H and O–H groups in total. The van der Waals surface area contributed by atoms with Gasteiger partial charge in [-0.15, -0.1) is 0 Å². The minimum Gasteiger partial charge on any atom is -0.495 e. The Hall–Kier alpha value is -4.05. The summed E-state index contributed by atoms with van der Waals surface area (Å²) in [5.41, 5.74) is 1.62. The zero-order chi connectivity index (χ0) is 31.7. The van der Waals surface area contributed by atoms with Crippen molar-refractivity contribution in [1.82, 2.24) is 10.2 Å². The number of hydrogen-bond acceptors (Lipinski definition) is 5. The SMILES string of the molecule is CCNC(=O)C(Cc1ccccc1)N(Cc1ccc(Cl)c(Cl)c1)C(=O)CN(c1ccccc1OC)S(=O)(=O)c1ccccc1. The Morgan fingerprint density at radius 1 is 0.841 bits per heavy atom. The molecule has 0 aliphatic carbocycles. The molecule has 0 heterocycles. The van der Waals surface area contributed by atoms with Crippen LogP contribution in [0.25, 0.3) is 0 Å². The van der Waals surface area contributed by atoms with Crippen molar-refractivity contribution in [2.75, 3.05) is 24.5 Å². The van der Waals surface area contributed by atoms with Crippen molar-refractivity contribution in [3.63, 3.8) is 0 Å². The molecule has 0 saturated heterocycles. The molecule has 1 unspecified atom stereocenters. The molecule has 0 fully saturated rings. The summed E-state index contributed by atoms with van der Waals surface area (Å²) >= 11 is 12.5. The van der Waals surface area contributed by atoms with E-state index in [2.05, 4.69) is 5.32 Å². The van der Waals surface area contributed by atoms with Crippen molar-refractivity contribution < 1.29 is 22.7 Å². The molecule has 0 aliphatic rings. The normalized spacial score (nSPS) is 11.8. The van der Waals surface area contributed by atoms with E-state index >= 15 is 0 Å². The maximum atomic E-state index is 14.4. The van der Waals surface area contributed by atoms with Crippen LogP contribution in [-0.2, 0) is 32.6 Å². The minimum absolute atomic E-state index is 0.000647. The maximum absolute atomic E-state index is 14.4. The van der Waals surface area contributed by atoms with E-state index in [9.17, 15) is 18.0 Å². The fourth-order valence-electron chi connectivity index (χ4n) is 4.75. The van der Waals surface area contributed by atoms with Crippen molar-refractivity contribution in [2.45, 2.75) is 30.8 Å². The number of carbonyl (C=O) groups excluding carboxylic acids is 2. The van der Waals surface area contributed by atoms with E-state index in [4.69, 9.17) is 27.9 Å². The number of halogens is 2.